The van der Waals surface area contributed by atoms with Crippen LogP contribution in [0.15, 0.2) is 36.4 Å². The monoisotopic (exact) mass is 478 g/mol. The quantitative estimate of drug-likeness (QED) is 0.472. The molecule has 1 fully saturated rings. The Labute approximate surface area is 182 Å². The lowest BCUT2D eigenvalue weighted by atomic mass is 9.95. The summed E-state index contributed by atoms with van der Waals surface area (Å²) in [7, 11) is 0. The highest BCUT2D eigenvalue weighted by Gasteiger charge is 2.32. The molecule has 0 saturated carbocycles. The van der Waals surface area contributed by atoms with E-state index in [0.717, 1.165) is 24.3 Å². The van der Waals surface area contributed by atoms with Crippen molar-refractivity contribution in [2.75, 3.05) is 26.2 Å². The molecule has 1 heterocycles. The number of nitrogens with one attached hydrogen (secondary N) is 1. The highest BCUT2D eigenvalue weighted by molar-refractivity contribution is 6.31. The minimum Gasteiger partial charge on any atom is -0.406 e. The third-order valence-electron chi connectivity index (χ3n) is 4.30. The van der Waals surface area contributed by atoms with Crippen LogP contribution < -0.4 is 10.1 Å². The highest BCUT2D eigenvalue weighted by atomic mass is 35.5. The lowest BCUT2D eigenvalue weighted by molar-refractivity contribution is -0.274. The van der Waals surface area contributed by atoms with Crippen molar-refractivity contribution in [3.63, 3.8) is 0 Å². The van der Waals surface area contributed by atoms with Gasteiger partial charge in [0.05, 0.1) is 11.1 Å². The van der Waals surface area contributed by atoms with Gasteiger partial charge in [-0.05, 0) is 29.8 Å². The molecule has 2 aromatic carbocycles. The third kappa shape index (κ3) is 6.33. The zero-order valence-corrected chi connectivity index (χ0v) is 17.2. The number of halogens is 8. The summed E-state index contributed by atoms with van der Waals surface area (Å²) in [5.41, 5.74) is 0.445. The van der Waals surface area contributed by atoms with Gasteiger partial charge in [0.25, 0.3) is 0 Å². The lowest BCUT2D eigenvalue weighted by Crippen LogP contribution is -2.45. The van der Waals surface area contributed by atoms with Gasteiger partial charge in [0, 0.05) is 31.7 Å². The van der Waals surface area contributed by atoms with Crippen LogP contribution in [0.1, 0.15) is 17.2 Å². The molecule has 1 N–H and O–H groups in total. The first kappa shape index (κ1) is 25.7. The zero-order chi connectivity index (χ0) is 19.6. The normalized spacial score (nSPS) is 15.8. The predicted octanol–water partition coefficient (Wildman–Crippen LogP) is 5.36. The molecule has 0 unspecified atom stereocenters. The SMILES string of the molecule is Cl.Cl.Fc1ccc(F)c([C@H](c2ccc(OC(F)(F)F)cc2)N2CCNCC2)c1Cl. The molecule has 0 aromatic heterocycles. The summed E-state index contributed by atoms with van der Waals surface area (Å²) in [5.74, 6) is -1.83. The van der Waals surface area contributed by atoms with Gasteiger partial charge in [0.15, 0.2) is 0 Å². The number of hydrogen-bond acceptors (Lipinski definition) is 3. The Hall–Kier alpha value is -1.32. The standard InChI is InChI=1S/C18H16ClF5N2O.2ClH/c19-16-14(21)6-5-13(20)15(16)17(26-9-7-25-8-10-26)11-1-3-12(4-2-11)27-18(22,23)24;;/h1-6,17,25H,7-10H2;2*1H/t17-;;/m0../s1. The maximum atomic E-state index is 14.6. The molecule has 3 rings (SSSR count). The number of benzene rings is 2. The number of piperazine rings is 1. The van der Waals surface area contributed by atoms with Crippen molar-refractivity contribution in [3.8, 4) is 5.75 Å². The van der Waals surface area contributed by atoms with Gasteiger partial charge in [-0.1, -0.05) is 23.7 Å². The van der Waals surface area contributed by atoms with E-state index in [-0.39, 0.29) is 35.4 Å². The average Bonchev–Trinajstić information content (AvgIpc) is 2.62. The van der Waals surface area contributed by atoms with Gasteiger partial charge in [0.2, 0.25) is 0 Å². The molecule has 29 heavy (non-hydrogen) atoms. The largest absolute Gasteiger partial charge is 0.573 e. The Morgan fingerprint density at radius 3 is 2.03 bits per heavy atom. The molecule has 0 aliphatic carbocycles. The van der Waals surface area contributed by atoms with Gasteiger partial charge < -0.3 is 10.1 Å². The molecule has 162 valence electrons. The summed E-state index contributed by atoms with van der Waals surface area (Å²) in [6, 6.07) is 6.27. The van der Waals surface area contributed by atoms with Crippen molar-refractivity contribution in [1.29, 1.82) is 0 Å². The van der Waals surface area contributed by atoms with Gasteiger partial charge in [-0.15, -0.1) is 38.0 Å². The van der Waals surface area contributed by atoms with Gasteiger partial charge >= 0.3 is 6.36 Å². The second kappa shape index (κ2) is 10.6. The number of hydrogen-bond donors (Lipinski definition) is 1. The van der Waals surface area contributed by atoms with Gasteiger partial charge in [-0.2, -0.15) is 0 Å². The molecule has 1 aliphatic rings. The molecule has 1 atom stereocenters. The van der Waals surface area contributed by atoms with E-state index in [0.29, 0.717) is 31.7 Å². The van der Waals surface area contributed by atoms with Crippen LogP contribution >= 0.6 is 36.4 Å². The maximum Gasteiger partial charge on any atom is 0.573 e. The number of nitrogens with zero attached hydrogens (tertiary/aromatic N) is 1. The molecule has 0 spiro atoms. The molecule has 3 nitrogen and oxygen atoms in total. The van der Waals surface area contributed by atoms with Crippen LogP contribution in [-0.2, 0) is 0 Å². The summed E-state index contributed by atoms with van der Waals surface area (Å²) >= 11 is 6.05. The Kier molecular flexibility index (Phi) is 9.43. The molecule has 0 radical (unpaired) electrons. The smallest absolute Gasteiger partial charge is 0.406 e. The van der Waals surface area contributed by atoms with Crippen LogP contribution in [0.25, 0.3) is 0 Å². The lowest BCUT2D eigenvalue weighted by Gasteiger charge is -2.36. The van der Waals surface area contributed by atoms with Crippen molar-refractivity contribution in [2.45, 2.75) is 12.4 Å². The third-order valence-corrected chi connectivity index (χ3v) is 4.68. The van der Waals surface area contributed by atoms with Crippen LogP contribution in [0.5, 0.6) is 5.75 Å². The Morgan fingerprint density at radius 2 is 1.48 bits per heavy atom. The van der Waals surface area contributed by atoms with E-state index in [1.54, 1.807) is 0 Å². The van der Waals surface area contributed by atoms with Crippen LogP contribution in [0.4, 0.5) is 22.0 Å². The average molecular weight is 480 g/mol. The van der Waals surface area contributed by atoms with Crippen molar-refractivity contribution in [2.24, 2.45) is 0 Å². The number of ether oxygens (including phenoxy) is 1. The Morgan fingerprint density at radius 1 is 0.931 bits per heavy atom. The van der Waals surface area contributed by atoms with E-state index in [4.69, 9.17) is 11.6 Å². The second-order valence-corrected chi connectivity index (χ2v) is 6.44. The summed E-state index contributed by atoms with van der Waals surface area (Å²) < 4.78 is 69.5. The minimum absolute atomic E-state index is 0. The molecule has 1 aliphatic heterocycles. The summed E-state index contributed by atoms with van der Waals surface area (Å²) in [6.45, 7) is 2.36. The van der Waals surface area contributed by atoms with Crippen LogP contribution in [0.3, 0.4) is 0 Å². The van der Waals surface area contributed by atoms with E-state index < -0.39 is 29.8 Å². The van der Waals surface area contributed by atoms with E-state index in [1.807, 2.05) is 4.90 Å². The fraction of sp³-hybridized carbons (Fsp3) is 0.333. The fourth-order valence-corrected chi connectivity index (χ4v) is 3.40. The van der Waals surface area contributed by atoms with Gasteiger partial charge in [-0.25, -0.2) is 8.78 Å². The van der Waals surface area contributed by atoms with Crippen LogP contribution in [-0.4, -0.2) is 37.4 Å². The van der Waals surface area contributed by atoms with E-state index in [2.05, 4.69) is 10.1 Å². The molecule has 2 aromatic rings. The van der Waals surface area contributed by atoms with Gasteiger partial charge in [-0.3, -0.25) is 4.90 Å². The van der Waals surface area contributed by atoms with Gasteiger partial charge in [0.1, 0.15) is 17.4 Å². The van der Waals surface area contributed by atoms with E-state index in [1.165, 1.54) is 12.1 Å². The second-order valence-electron chi connectivity index (χ2n) is 6.06. The molecule has 0 bridgehead atoms. The van der Waals surface area contributed by atoms with Crippen molar-refractivity contribution < 1.29 is 26.7 Å². The number of alkyl halides is 3. The summed E-state index contributed by atoms with van der Waals surface area (Å²) in [5, 5.41) is 2.82. The topological polar surface area (TPSA) is 24.5 Å². The molecule has 0 amide bonds. The van der Waals surface area contributed by atoms with Crippen LogP contribution in [0, 0.1) is 11.6 Å². The molecular weight excluding hydrogens is 462 g/mol. The first-order valence-corrected chi connectivity index (χ1v) is 8.58. The first-order chi connectivity index (χ1) is 12.8. The predicted molar refractivity (Wildman–Crippen MR) is 105 cm³/mol. The Balaban J connectivity index is 0.00000210. The summed E-state index contributed by atoms with van der Waals surface area (Å²) in [6.07, 6.45) is -4.81. The fourth-order valence-electron chi connectivity index (χ4n) is 3.15. The van der Waals surface area contributed by atoms with E-state index in [9.17, 15) is 22.0 Å². The minimum atomic E-state index is -4.81. The Bertz CT molecular complexity index is 799. The number of rotatable bonds is 4. The first-order valence-electron chi connectivity index (χ1n) is 8.20. The van der Waals surface area contributed by atoms with Crippen molar-refractivity contribution >= 4 is 36.4 Å². The molecule has 11 heteroatoms. The zero-order valence-electron chi connectivity index (χ0n) is 14.8. The van der Waals surface area contributed by atoms with Crippen molar-refractivity contribution in [1.82, 2.24) is 10.2 Å². The molecule has 1 saturated heterocycles. The summed E-state index contributed by atoms with van der Waals surface area (Å²) in [4.78, 5) is 1.90. The van der Waals surface area contributed by atoms with Crippen LogP contribution in [0.2, 0.25) is 5.02 Å². The van der Waals surface area contributed by atoms with E-state index >= 15 is 0 Å². The van der Waals surface area contributed by atoms with Crippen molar-refractivity contribution in [3.05, 3.63) is 64.2 Å². The molecular formula is C18H18Cl3F5N2O. The highest BCUT2D eigenvalue weighted by Crippen LogP contribution is 2.37. The maximum absolute atomic E-state index is 14.6.